The van der Waals surface area contributed by atoms with Crippen molar-refractivity contribution in [3.63, 3.8) is 0 Å². The highest BCUT2D eigenvalue weighted by molar-refractivity contribution is 6.05. The minimum Gasteiger partial charge on any atom is -0.385 e. The van der Waals surface area contributed by atoms with E-state index in [0.29, 0.717) is 13.1 Å². The minimum absolute atomic E-state index is 0.0165. The van der Waals surface area contributed by atoms with Gasteiger partial charge >= 0.3 is 0 Å². The molecule has 1 aromatic rings. The van der Waals surface area contributed by atoms with E-state index in [1.54, 1.807) is 0 Å². The molecule has 3 heterocycles. The molecule has 2 fully saturated rings. The van der Waals surface area contributed by atoms with Gasteiger partial charge in [-0.15, -0.1) is 0 Å². The zero-order valence-electron chi connectivity index (χ0n) is 17.3. The number of hydrogen-bond donors (Lipinski definition) is 3. The first-order valence-electron chi connectivity index (χ1n) is 10.5. The Morgan fingerprint density at radius 3 is 2.61 bits per heavy atom. The third kappa shape index (κ3) is 3.83. The number of hydrogen-bond acceptors (Lipinski definition) is 6. The fraction of sp³-hybridized carbons (Fsp3) is 0.571. The number of piperidine rings is 2. The molecule has 168 valence electrons. The number of carbonyl (C=O) groups is 3. The van der Waals surface area contributed by atoms with Crippen LogP contribution in [0.3, 0.4) is 0 Å². The number of rotatable bonds is 5. The van der Waals surface area contributed by atoms with Crippen LogP contribution in [0.15, 0.2) is 6.07 Å². The number of nitrogens with zero attached hydrogens (tertiary/aromatic N) is 2. The monoisotopic (exact) mass is 436 g/mol. The molecule has 1 unspecified atom stereocenters. The molecule has 3 amide bonds. The van der Waals surface area contributed by atoms with Gasteiger partial charge in [0.2, 0.25) is 11.8 Å². The summed E-state index contributed by atoms with van der Waals surface area (Å²) >= 11 is 0. The highest BCUT2D eigenvalue weighted by Gasteiger charge is 2.45. The maximum atomic E-state index is 15.5. The van der Waals surface area contributed by atoms with Crippen molar-refractivity contribution < 1.29 is 28.3 Å². The molecular formula is C21H26F2N4O4. The molecule has 0 aromatic heterocycles. The zero-order chi connectivity index (χ0) is 22.3. The molecule has 8 nitrogen and oxygen atoms in total. The van der Waals surface area contributed by atoms with E-state index >= 15 is 4.39 Å². The topological polar surface area (TPSA) is 102 Å². The summed E-state index contributed by atoms with van der Waals surface area (Å²) in [5, 5.41) is 16.3. The van der Waals surface area contributed by atoms with Crippen molar-refractivity contribution in [3.05, 3.63) is 34.4 Å². The molecule has 1 aromatic carbocycles. The third-order valence-corrected chi connectivity index (χ3v) is 6.55. The van der Waals surface area contributed by atoms with E-state index in [4.69, 9.17) is 0 Å². The Labute approximate surface area is 178 Å². The van der Waals surface area contributed by atoms with Crippen molar-refractivity contribution in [3.8, 4) is 0 Å². The lowest BCUT2D eigenvalue weighted by atomic mass is 9.82. The second kappa shape index (κ2) is 8.25. The average Bonchev–Trinajstić information content (AvgIpc) is 3.04. The summed E-state index contributed by atoms with van der Waals surface area (Å²) < 4.78 is 30.5. The second-order valence-electron chi connectivity index (χ2n) is 8.45. The number of benzene rings is 1. The summed E-state index contributed by atoms with van der Waals surface area (Å²) in [6.07, 6.45) is 0.554. The zero-order valence-corrected chi connectivity index (χ0v) is 17.3. The Morgan fingerprint density at radius 2 is 1.97 bits per heavy atom. The van der Waals surface area contributed by atoms with Gasteiger partial charge in [-0.2, -0.15) is 0 Å². The Morgan fingerprint density at radius 1 is 1.26 bits per heavy atom. The Kier molecular flexibility index (Phi) is 5.80. The first-order chi connectivity index (χ1) is 14.7. The number of nitrogens with one attached hydrogen (secondary N) is 2. The summed E-state index contributed by atoms with van der Waals surface area (Å²) in [5.41, 5.74) is -2.22. The van der Waals surface area contributed by atoms with Crippen molar-refractivity contribution in [1.29, 1.82) is 0 Å². The van der Waals surface area contributed by atoms with Crippen molar-refractivity contribution in [2.24, 2.45) is 0 Å². The lowest BCUT2D eigenvalue weighted by Gasteiger charge is -2.39. The van der Waals surface area contributed by atoms with Crippen LogP contribution in [0.4, 0.5) is 8.78 Å². The van der Waals surface area contributed by atoms with Gasteiger partial charge in [-0.05, 0) is 32.4 Å². The Balaban J connectivity index is 1.59. The van der Waals surface area contributed by atoms with Crippen molar-refractivity contribution in [2.75, 3.05) is 33.2 Å². The van der Waals surface area contributed by atoms with Crippen LogP contribution in [0.1, 0.15) is 47.2 Å². The van der Waals surface area contributed by atoms with Crippen LogP contribution in [0.5, 0.6) is 0 Å². The van der Waals surface area contributed by atoms with Gasteiger partial charge in [0.15, 0.2) is 0 Å². The maximum Gasteiger partial charge on any atom is 0.255 e. The molecule has 31 heavy (non-hydrogen) atoms. The molecule has 0 radical (unpaired) electrons. The van der Waals surface area contributed by atoms with Crippen molar-refractivity contribution >= 4 is 17.7 Å². The maximum absolute atomic E-state index is 15.5. The SMILES string of the molecule is CNCCN1CCC(O)(c2c(F)cc3c(c2F)CN(C2CCC(=O)NC2=O)C3=O)CC1. The summed E-state index contributed by atoms with van der Waals surface area (Å²) in [6.45, 7) is 2.34. The summed E-state index contributed by atoms with van der Waals surface area (Å²) in [7, 11) is 1.84. The van der Waals surface area contributed by atoms with E-state index in [1.165, 1.54) is 4.90 Å². The highest BCUT2D eigenvalue weighted by atomic mass is 19.1. The molecule has 10 heteroatoms. The number of likely N-dealkylation sites (N-methyl/N-ethyl adjacent to an activating group) is 1. The van der Waals surface area contributed by atoms with Gasteiger partial charge in [-0.25, -0.2) is 8.78 Å². The van der Waals surface area contributed by atoms with Crippen LogP contribution < -0.4 is 10.6 Å². The molecule has 2 saturated heterocycles. The fourth-order valence-corrected chi connectivity index (χ4v) is 4.73. The number of likely N-dealkylation sites (tertiary alicyclic amines) is 1. The van der Waals surface area contributed by atoms with Crippen molar-refractivity contribution in [1.82, 2.24) is 20.4 Å². The number of aliphatic hydroxyl groups is 1. The van der Waals surface area contributed by atoms with Gasteiger partial charge in [-0.3, -0.25) is 19.7 Å². The molecule has 0 aliphatic carbocycles. The highest BCUT2D eigenvalue weighted by Crippen LogP contribution is 2.40. The van der Waals surface area contributed by atoms with Crippen LogP contribution in [0.2, 0.25) is 0 Å². The van der Waals surface area contributed by atoms with Gasteiger partial charge < -0.3 is 20.2 Å². The predicted octanol–water partition coefficient (Wildman–Crippen LogP) is 0.229. The van der Waals surface area contributed by atoms with Crippen LogP contribution in [-0.2, 0) is 21.7 Å². The number of halogens is 2. The number of fused-ring (bicyclic) bond motifs is 1. The second-order valence-corrected chi connectivity index (χ2v) is 8.45. The number of amides is 3. The van der Waals surface area contributed by atoms with Gasteiger partial charge in [0, 0.05) is 38.2 Å². The van der Waals surface area contributed by atoms with E-state index in [9.17, 15) is 23.9 Å². The van der Waals surface area contributed by atoms with Crippen LogP contribution in [-0.4, -0.2) is 71.9 Å². The predicted molar refractivity (Wildman–Crippen MR) is 106 cm³/mol. The Bertz CT molecular complexity index is 930. The molecule has 4 rings (SSSR count). The van der Waals surface area contributed by atoms with Gasteiger partial charge in [0.05, 0.1) is 23.3 Å². The first kappa shape index (κ1) is 21.8. The van der Waals surface area contributed by atoms with E-state index in [1.807, 2.05) is 7.05 Å². The first-order valence-corrected chi connectivity index (χ1v) is 10.5. The molecule has 3 N–H and O–H groups in total. The fourth-order valence-electron chi connectivity index (χ4n) is 4.73. The van der Waals surface area contributed by atoms with Crippen molar-refractivity contribution in [2.45, 2.75) is 43.9 Å². The standard InChI is InChI=1S/C21H26F2N4O4/c1-24-6-9-26-7-4-21(31,5-8-26)17-14(22)10-12-13(18(17)23)11-27(20(12)30)15-2-3-16(28)25-19(15)29/h10,15,24,31H,2-9,11H2,1H3,(H,25,28,29). The molecule has 3 aliphatic rings. The molecule has 0 bridgehead atoms. The molecular weight excluding hydrogens is 410 g/mol. The Hall–Kier alpha value is -2.43. The quantitative estimate of drug-likeness (QED) is 0.572. The van der Waals surface area contributed by atoms with E-state index in [2.05, 4.69) is 15.5 Å². The minimum atomic E-state index is -1.66. The van der Waals surface area contributed by atoms with Gasteiger partial charge in [0.25, 0.3) is 5.91 Å². The van der Waals surface area contributed by atoms with E-state index in [0.717, 1.165) is 19.2 Å². The van der Waals surface area contributed by atoms with Crippen LogP contribution in [0.25, 0.3) is 0 Å². The summed E-state index contributed by atoms with van der Waals surface area (Å²) in [5.74, 6) is -3.58. The van der Waals surface area contributed by atoms with Gasteiger partial charge in [0.1, 0.15) is 17.7 Å². The van der Waals surface area contributed by atoms with Crippen LogP contribution in [0, 0.1) is 11.6 Å². The van der Waals surface area contributed by atoms with Crippen LogP contribution >= 0.6 is 0 Å². The number of imide groups is 1. The number of carbonyl (C=O) groups excluding carboxylic acids is 3. The lowest BCUT2D eigenvalue weighted by molar-refractivity contribution is -0.136. The largest absolute Gasteiger partial charge is 0.385 e. The smallest absolute Gasteiger partial charge is 0.255 e. The summed E-state index contributed by atoms with van der Waals surface area (Å²) in [6, 6.07) is 0.0508. The van der Waals surface area contributed by atoms with E-state index < -0.39 is 46.6 Å². The average molecular weight is 436 g/mol. The molecule has 0 spiro atoms. The van der Waals surface area contributed by atoms with E-state index in [-0.39, 0.29) is 43.4 Å². The molecule has 0 saturated carbocycles. The summed E-state index contributed by atoms with van der Waals surface area (Å²) in [4.78, 5) is 39.6. The normalized spacial score (nSPS) is 23.8. The van der Waals surface area contributed by atoms with Gasteiger partial charge in [-0.1, -0.05) is 0 Å². The lowest BCUT2D eigenvalue weighted by Crippen LogP contribution is -2.52. The molecule has 1 atom stereocenters. The molecule has 3 aliphatic heterocycles. The third-order valence-electron chi connectivity index (χ3n) is 6.55.